The van der Waals surface area contributed by atoms with E-state index in [1.54, 1.807) is 0 Å². The van der Waals surface area contributed by atoms with Crippen molar-refractivity contribution in [2.45, 2.75) is 24.2 Å². The number of alkyl halides is 3. The number of aromatic nitrogens is 2. The number of sulfonamides is 1. The zero-order valence-corrected chi connectivity index (χ0v) is 15.6. The van der Waals surface area contributed by atoms with Gasteiger partial charge in [0.15, 0.2) is 0 Å². The van der Waals surface area contributed by atoms with E-state index in [1.165, 1.54) is 26.2 Å². The van der Waals surface area contributed by atoms with Crippen LogP contribution in [0, 0.1) is 0 Å². The van der Waals surface area contributed by atoms with Gasteiger partial charge in [-0.1, -0.05) is 0 Å². The molecule has 2 heterocycles. The molecule has 0 saturated heterocycles. The van der Waals surface area contributed by atoms with E-state index in [4.69, 9.17) is 0 Å². The summed E-state index contributed by atoms with van der Waals surface area (Å²) in [4.78, 5) is 28.4. The zero-order chi connectivity index (χ0) is 20.9. The Balaban J connectivity index is 1.88. The van der Waals surface area contributed by atoms with Gasteiger partial charge in [-0.15, -0.1) is 0 Å². The first kappa shape index (κ1) is 20.0. The molecule has 28 heavy (non-hydrogen) atoms. The van der Waals surface area contributed by atoms with Crippen LogP contribution in [0.5, 0.6) is 0 Å². The molecule has 0 atom stereocenters. The maximum absolute atomic E-state index is 12.8. The van der Waals surface area contributed by atoms with Gasteiger partial charge in [0.25, 0.3) is 11.8 Å². The molecule has 8 nitrogen and oxygen atoms in total. The number of halogens is 3. The summed E-state index contributed by atoms with van der Waals surface area (Å²) in [5.74, 6) is -1.25. The third kappa shape index (κ3) is 3.52. The fourth-order valence-electron chi connectivity index (χ4n) is 2.79. The summed E-state index contributed by atoms with van der Waals surface area (Å²) in [6, 6.07) is 3.51. The second-order valence-electron chi connectivity index (χ2n) is 6.22. The van der Waals surface area contributed by atoms with Crippen molar-refractivity contribution in [3.63, 3.8) is 0 Å². The van der Waals surface area contributed by atoms with E-state index in [9.17, 15) is 31.2 Å². The first-order valence-corrected chi connectivity index (χ1v) is 9.35. The highest BCUT2D eigenvalue weighted by molar-refractivity contribution is 7.89. The number of fused-ring (bicyclic) bond motifs is 1. The molecule has 0 unspecified atom stereocenters. The Morgan fingerprint density at radius 1 is 1.14 bits per heavy atom. The van der Waals surface area contributed by atoms with Crippen LogP contribution in [0.15, 0.2) is 35.5 Å². The van der Waals surface area contributed by atoms with Gasteiger partial charge < -0.3 is 4.57 Å². The van der Waals surface area contributed by atoms with Crippen LogP contribution in [0.2, 0.25) is 0 Å². The Morgan fingerprint density at radius 2 is 1.79 bits per heavy atom. The zero-order valence-electron chi connectivity index (χ0n) is 14.8. The van der Waals surface area contributed by atoms with Crippen molar-refractivity contribution in [3.05, 3.63) is 47.5 Å². The first-order valence-electron chi connectivity index (χ1n) is 7.91. The lowest BCUT2D eigenvalue weighted by molar-refractivity contribution is -0.141. The minimum absolute atomic E-state index is 0.0412. The molecular weight excluding hydrogens is 401 g/mol. The summed E-state index contributed by atoms with van der Waals surface area (Å²) >= 11 is 0. The number of amides is 2. The van der Waals surface area contributed by atoms with E-state index in [1.807, 2.05) is 0 Å². The second kappa shape index (κ2) is 6.71. The van der Waals surface area contributed by atoms with Crippen LogP contribution in [-0.4, -0.2) is 59.3 Å². The molecule has 1 aliphatic rings. The largest absolute Gasteiger partial charge is 0.406 e. The van der Waals surface area contributed by atoms with E-state index in [-0.39, 0.29) is 21.8 Å². The average molecular weight is 416 g/mol. The molecular formula is C16H15F3N4O4S. The number of imide groups is 1. The summed E-state index contributed by atoms with van der Waals surface area (Å²) in [5, 5.41) is 0. The van der Waals surface area contributed by atoms with Gasteiger partial charge in [0.2, 0.25) is 10.0 Å². The standard InChI is InChI=1S/C16H15F3N4O4S/c1-21(8-13-20-5-6-23(13)9-16(17,18)19)28(26,27)10-3-4-11-12(7-10)15(25)22(2)14(11)24/h3-7H,8-9H2,1-2H3. The number of hydrogen-bond acceptors (Lipinski definition) is 5. The van der Waals surface area contributed by atoms with Crippen LogP contribution >= 0.6 is 0 Å². The maximum Gasteiger partial charge on any atom is 0.406 e. The van der Waals surface area contributed by atoms with Gasteiger partial charge in [-0.25, -0.2) is 13.4 Å². The molecule has 0 saturated carbocycles. The van der Waals surface area contributed by atoms with Crippen molar-refractivity contribution in [1.82, 2.24) is 18.8 Å². The van der Waals surface area contributed by atoms with Gasteiger partial charge >= 0.3 is 6.18 Å². The third-order valence-corrected chi connectivity index (χ3v) is 6.08. The maximum atomic E-state index is 12.8. The Morgan fingerprint density at radius 3 is 2.43 bits per heavy atom. The predicted octanol–water partition coefficient (Wildman–Crippen LogP) is 1.49. The lowest BCUT2D eigenvalue weighted by Crippen LogP contribution is -2.29. The molecule has 12 heteroatoms. The monoisotopic (exact) mass is 416 g/mol. The van der Waals surface area contributed by atoms with Gasteiger partial charge in [0.1, 0.15) is 12.4 Å². The van der Waals surface area contributed by atoms with Gasteiger partial charge in [0.05, 0.1) is 22.6 Å². The van der Waals surface area contributed by atoms with Crippen LogP contribution in [0.1, 0.15) is 26.5 Å². The molecule has 2 amide bonds. The van der Waals surface area contributed by atoms with Crippen LogP contribution in [0.4, 0.5) is 13.2 Å². The number of hydrogen-bond donors (Lipinski definition) is 0. The number of benzene rings is 1. The van der Waals surface area contributed by atoms with Crippen LogP contribution in [0.3, 0.4) is 0 Å². The minimum Gasteiger partial charge on any atom is -0.325 e. The number of rotatable bonds is 5. The molecule has 0 aliphatic carbocycles. The fourth-order valence-corrected chi connectivity index (χ4v) is 3.95. The van der Waals surface area contributed by atoms with Crippen molar-refractivity contribution in [1.29, 1.82) is 0 Å². The first-order chi connectivity index (χ1) is 12.9. The quantitative estimate of drug-likeness (QED) is 0.689. The lowest BCUT2D eigenvalue weighted by atomic mass is 10.1. The molecule has 150 valence electrons. The van der Waals surface area contributed by atoms with Gasteiger partial charge in [-0.2, -0.15) is 17.5 Å². The normalized spacial score (nSPS) is 14.9. The molecule has 0 spiro atoms. The summed E-state index contributed by atoms with van der Waals surface area (Å²) in [7, 11) is -1.67. The SMILES string of the molecule is CN1C(=O)c2ccc(S(=O)(=O)N(C)Cc3nccn3CC(F)(F)F)cc2C1=O. The Bertz CT molecular complexity index is 1060. The van der Waals surface area contributed by atoms with Gasteiger partial charge in [-0.05, 0) is 18.2 Å². The molecule has 1 aliphatic heterocycles. The van der Waals surface area contributed by atoms with Crippen LogP contribution < -0.4 is 0 Å². The van der Waals surface area contributed by atoms with E-state index in [0.717, 1.165) is 32.2 Å². The fraction of sp³-hybridized carbons (Fsp3) is 0.312. The van der Waals surface area contributed by atoms with Crippen molar-refractivity contribution >= 4 is 21.8 Å². The second-order valence-corrected chi connectivity index (χ2v) is 8.27. The predicted molar refractivity (Wildman–Crippen MR) is 89.8 cm³/mol. The summed E-state index contributed by atoms with van der Waals surface area (Å²) in [6.45, 7) is -1.70. The molecule has 3 rings (SSSR count). The molecule has 1 aromatic heterocycles. The Hall–Kier alpha value is -2.73. The molecule has 2 aromatic rings. The molecule has 0 N–H and O–H groups in total. The molecule has 0 fully saturated rings. The van der Waals surface area contributed by atoms with E-state index in [2.05, 4.69) is 4.98 Å². The highest BCUT2D eigenvalue weighted by Crippen LogP contribution is 2.26. The van der Waals surface area contributed by atoms with E-state index >= 15 is 0 Å². The molecule has 0 radical (unpaired) electrons. The molecule has 0 bridgehead atoms. The van der Waals surface area contributed by atoms with Crippen LogP contribution in [-0.2, 0) is 23.1 Å². The lowest BCUT2D eigenvalue weighted by Gasteiger charge is -2.18. The topological polar surface area (TPSA) is 92.6 Å². The summed E-state index contributed by atoms with van der Waals surface area (Å²) in [5.41, 5.74) is 0.0513. The van der Waals surface area contributed by atoms with Gasteiger partial charge in [0, 0.05) is 26.5 Å². The Kier molecular flexibility index (Phi) is 4.79. The highest BCUT2D eigenvalue weighted by atomic mass is 32.2. The third-order valence-electron chi connectivity index (χ3n) is 4.28. The average Bonchev–Trinajstić information content (AvgIpc) is 3.11. The number of imidazole rings is 1. The van der Waals surface area contributed by atoms with Crippen molar-refractivity contribution in [2.75, 3.05) is 14.1 Å². The number of carbonyl (C=O) groups excluding carboxylic acids is 2. The number of carbonyl (C=O) groups is 2. The molecule has 1 aromatic carbocycles. The summed E-state index contributed by atoms with van der Waals surface area (Å²) in [6.07, 6.45) is -2.22. The van der Waals surface area contributed by atoms with Crippen molar-refractivity contribution in [3.8, 4) is 0 Å². The van der Waals surface area contributed by atoms with Crippen LogP contribution in [0.25, 0.3) is 0 Å². The van der Waals surface area contributed by atoms with Crippen molar-refractivity contribution < 1.29 is 31.2 Å². The van der Waals surface area contributed by atoms with Crippen molar-refractivity contribution in [2.24, 2.45) is 0 Å². The van der Waals surface area contributed by atoms with E-state index < -0.39 is 41.1 Å². The van der Waals surface area contributed by atoms with E-state index in [0.29, 0.717) is 0 Å². The smallest absolute Gasteiger partial charge is 0.325 e. The number of nitrogens with zero attached hydrogens (tertiary/aromatic N) is 4. The summed E-state index contributed by atoms with van der Waals surface area (Å²) < 4.78 is 65.1. The Labute approximate surface area is 158 Å². The minimum atomic E-state index is -4.48. The highest BCUT2D eigenvalue weighted by Gasteiger charge is 2.35. The van der Waals surface area contributed by atoms with Gasteiger partial charge in [-0.3, -0.25) is 14.5 Å².